The summed E-state index contributed by atoms with van der Waals surface area (Å²) in [4.78, 5) is 35.2. The molecule has 4 atom stereocenters. The molecular formula is C19H27N3O2S. The van der Waals surface area contributed by atoms with Crippen molar-refractivity contribution in [3.05, 3.63) is 15.6 Å². The zero-order valence-electron chi connectivity index (χ0n) is 15.5. The van der Waals surface area contributed by atoms with Gasteiger partial charge in [-0.2, -0.15) is 0 Å². The van der Waals surface area contributed by atoms with Crippen LogP contribution in [0.5, 0.6) is 0 Å². The average Bonchev–Trinajstić information content (AvgIpc) is 3.00. The summed E-state index contributed by atoms with van der Waals surface area (Å²) in [6.07, 6.45) is 4.74. The number of likely N-dealkylation sites (tertiary alicyclic amines) is 2. The van der Waals surface area contributed by atoms with Crippen LogP contribution >= 0.6 is 11.3 Å². The predicted molar refractivity (Wildman–Crippen MR) is 97.5 cm³/mol. The van der Waals surface area contributed by atoms with Gasteiger partial charge in [-0.15, -0.1) is 11.3 Å². The monoisotopic (exact) mass is 361 g/mol. The van der Waals surface area contributed by atoms with Crippen LogP contribution in [0.25, 0.3) is 0 Å². The van der Waals surface area contributed by atoms with E-state index in [1.807, 2.05) is 13.8 Å². The Morgan fingerprint density at radius 1 is 1.28 bits per heavy atom. The molecule has 1 saturated carbocycles. The SMILES string of the molecule is CC(=O)N1[C@@H]2CN(C(=O)Cc3sc(C)nc3C)[C@@H]3CCC[C@H]1[C@]3(C)C2. The number of carbonyl (C=O) groups excluding carboxylic acids is 2. The lowest BCUT2D eigenvalue weighted by molar-refractivity contribution is -0.139. The Kier molecular flexibility index (Phi) is 3.94. The van der Waals surface area contributed by atoms with Crippen LogP contribution in [0.1, 0.15) is 55.1 Å². The molecule has 3 aliphatic rings. The Hall–Kier alpha value is -1.43. The second kappa shape index (κ2) is 5.79. The molecule has 2 amide bonds. The Morgan fingerprint density at radius 3 is 2.64 bits per heavy atom. The molecule has 2 bridgehead atoms. The fraction of sp³-hybridized carbons (Fsp3) is 0.737. The fourth-order valence-corrected chi connectivity index (χ4v) is 6.65. The van der Waals surface area contributed by atoms with Gasteiger partial charge in [0.2, 0.25) is 11.8 Å². The molecule has 1 aromatic rings. The molecule has 0 spiro atoms. The minimum Gasteiger partial charge on any atom is -0.337 e. The van der Waals surface area contributed by atoms with Gasteiger partial charge in [-0.3, -0.25) is 9.59 Å². The van der Waals surface area contributed by atoms with Crippen LogP contribution in [0.15, 0.2) is 0 Å². The van der Waals surface area contributed by atoms with Gasteiger partial charge in [-0.05, 0) is 39.5 Å². The molecule has 0 N–H and O–H groups in total. The first-order chi connectivity index (χ1) is 11.8. The fourth-order valence-electron chi connectivity index (χ4n) is 5.72. The van der Waals surface area contributed by atoms with E-state index in [0.717, 1.165) is 41.3 Å². The van der Waals surface area contributed by atoms with Gasteiger partial charge in [0.1, 0.15) is 0 Å². The van der Waals surface area contributed by atoms with Crippen molar-refractivity contribution in [2.24, 2.45) is 5.41 Å². The highest BCUT2D eigenvalue weighted by atomic mass is 32.1. The number of aryl methyl sites for hydroxylation is 2. The van der Waals surface area contributed by atoms with Crippen molar-refractivity contribution in [1.82, 2.24) is 14.8 Å². The number of aromatic nitrogens is 1. The maximum absolute atomic E-state index is 13.2. The van der Waals surface area contributed by atoms with Crippen LogP contribution in [0.4, 0.5) is 0 Å². The maximum Gasteiger partial charge on any atom is 0.228 e. The first-order valence-electron chi connectivity index (χ1n) is 9.32. The molecule has 4 rings (SSSR count). The van der Waals surface area contributed by atoms with Crippen molar-refractivity contribution in [3.63, 3.8) is 0 Å². The molecule has 2 saturated heterocycles. The van der Waals surface area contributed by atoms with Crippen LogP contribution in [0.3, 0.4) is 0 Å². The van der Waals surface area contributed by atoms with E-state index >= 15 is 0 Å². The van der Waals surface area contributed by atoms with Gasteiger partial charge in [0.05, 0.1) is 23.2 Å². The minimum absolute atomic E-state index is 0.0567. The summed E-state index contributed by atoms with van der Waals surface area (Å²) in [5, 5.41) is 1.02. The molecule has 3 fully saturated rings. The van der Waals surface area contributed by atoms with Gasteiger partial charge >= 0.3 is 0 Å². The van der Waals surface area contributed by atoms with E-state index in [9.17, 15) is 9.59 Å². The van der Waals surface area contributed by atoms with E-state index in [2.05, 4.69) is 21.7 Å². The van der Waals surface area contributed by atoms with Crippen molar-refractivity contribution >= 4 is 23.2 Å². The van der Waals surface area contributed by atoms with Gasteiger partial charge in [-0.25, -0.2) is 4.98 Å². The molecule has 6 heteroatoms. The number of nitrogens with zero attached hydrogens (tertiary/aromatic N) is 3. The zero-order valence-corrected chi connectivity index (χ0v) is 16.4. The Labute approximate surface area is 153 Å². The lowest BCUT2D eigenvalue weighted by Gasteiger charge is -2.50. The standard InChI is InChI=1S/C19H27N3O2S/c1-11-15(25-12(2)20-11)8-18(24)21-10-14-9-19(4)16(21)6-5-7-17(19)22(14)13(3)23/h14,16-17H,5-10H2,1-4H3/t14-,16+,17-,19+/m0/s1. The number of rotatable bonds is 2. The Balaban J connectivity index is 1.62. The molecular weight excluding hydrogens is 334 g/mol. The maximum atomic E-state index is 13.2. The molecule has 1 aromatic heterocycles. The van der Waals surface area contributed by atoms with Crippen molar-refractivity contribution in [3.8, 4) is 0 Å². The topological polar surface area (TPSA) is 53.5 Å². The van der Waals surface area contributed by atoms with Crippen LogP contribution in [-0.4, -0.2) is 51.3 Å². The zero-order chi connectivity index (χ0) is 17.9. The van der Waals surface area contributed by atoms with Crippen molar-refractivity contribution in [1.29, 1.82) is 0 Å². The third-order valence-corrected chi connectivity index (χ3v) is 7.73. The van der Waals surface area contributed by atoms with Crippen LogP contribution < -0.4 is 0 Å². The first kappa shape index (κ1) is 17.0. The summed E-state index contributed by atoms with van der Waals surface area (Å²) in [6.45, 7) is 8.67. The quantitative estimate of drug-likeness (QED) is 0.814. The summed E-state index contributed by atoms with van der Waals surface area (Å²) in [5.74, 6) is 0.376. The minimum atomic E-state index is 0.0567. The largest absolute Gasteiger partial charge is 0.337 e. The normalized spacial score (nSPS) is 33.7. The van der Waals surface area contributed by atoms with E-state index in [-0.39, 0.29) is 29.3 Å². The van der Waals surface area contributed by atoms with E-state index in [1.54, 1.807) is 18.3 Å². The highest BCUT2D eigenvalue weighted by Gasteiger charge is 2.61. The molecule has 3 heterocycles. The molecule has 0 radical (unpaired) electrons. The summed E-state index contributed by atoms with van der Waals surface area (Å²) in [5.41, 5.74) is 1.04. The van der Waals surface area contributed by atoms with Crippen LogP contribution in [0.2, 0.25) is 0 Å². The molecule has 2 aliphatic heterocycles. The first-order valence-corrected chi connectivity index (χ1v) is 10.1. The summed E-state index contributed by atoms with van der Waals surface area (Å²) >= 11 is 1.63. The van der Waals surface area contributed by atoms with E-state index < -0.39 is 0 Å². The highest BCUT2D eigenvalue weighted by Crippen LogP contribution is 2.54. The Bertz CT molecular complexity index is 730. The van der Waals surface area contributed by atoms with Gasteiger partial charge < -0.3 is 9.80 Å². The number of thiazole rings is 1. The number of hydrogen-bond acceptors (Lipinski definition) is 4. The molecule has 1 aliphatic carbocycles. The number of hydrogen-bond donors (Lipinski definition) is 0. The van der Waals surface area contributed by atoms with Gasteiger partial charge in [0.15, 0.2) is 0 Å². The second-order valence-corrected chi connectivity index (χ2v) is 9.50. The summed E-state index contributed by atoms with van der Waals surface area (Å²) in [7, 11) is 0. The molecule has 0 unspecified atom stereocenters. The third kappa shape index (κ3) is 2.52. The molecule has 5 nitrogen and oxygen atoms in total. The predicted octanol–water partition coefficient (Wildman–Crippen LogP) is 2.69. The number of fused-ring (bicyclic) bond motifs is 1. The smallest absolute Gasteiger partial charge is 0.228 e. The lowest BCUT2D eigenvalue weighted by atomic mass is 9.65. The van der Waals surface area contributed by atoms with Crippen LogP contribution in [-0.2, 0) is 16.0 Å². The molecule has 136 valence electrons. The van der Waals surface area contributed by atoms with Crippen molar-refractivity contribution in [2.75, 3.05) is 6.54 Å². The molecule has 25 heavy (non-hydrogen) atoms. The van der Waals surface area contributed by atoms with Gasteiger partial charge in [-0.1, -0.05) is 6.92 Å². The average molecular weight is 362 g/mol. The number of carbonyl (C=O) groups is 2. The number of piperidine rings is 1. The van der Waals surface area contributed by atoms with Gasteiger partial charge in [0, 0.05) is 35.8 Å². The van der Waals surface area contributed by atoms with Gasteiger partial charge in [0.25, 0.3) is 0 Å². The molecule has 0 aromatic carbocycles. The Morgan fingerprint density at radius 2 is 2.00 bits per heavy atom. The van der Waals surface area contributed by atoms with E-state index in [4.69, 9.17) is 0 Å². The lowest BCUT2D eigenvalue weighted by Crippen LogP contribution is -2.58. The van der Waals surface area contributed by atoms with Crippen molar-refractivity contribution in [2.45, 2.75) is 77.9 Å². The third-order valence-electron chi connectivity index (χ3n) is 6.66. The summed E-state index contributed by atoms with van der Waals surface area (Å²) in [6, 6.07) is 0.766. The van der Waals surface area contributed by atoms with Crippen molar-refractivity contribution < 1.29 is 9.59 Å². The second-order valence-electron chi connectivity index (χ2n) is 8.22. The van der Waals surface area contributed by atoms with E-state index in [1.165, 1.54) is 0 Å². The summed E-state index contributed by atoms with van der Waals surface area (Å²) < 4.78 is 0. The number of amides is 2. The van der Waals surface area contributed by atoms with E-state index in [0.29, 0.717) is 19.0 Å². The highest BCUT2D eigenvalue weighted by molar-refractivity contribution is 7.11. The van der Waals surface area contributed by atoms with Crippen LogP contribution in [0, 0.1) is 19.3 Å².